The number of aryl methyl sites for hydroxylation is 1. The topological polar surface area (TPSA) is 0 Å². The molecule has 0 N–H and O–H groups in total. The standard InChI is InChI=1S/C15H16F3S/c1-2-10-6-7-12-9-14(11-4-3-5-11)19(13(12)8-10)15(16,17)18/h6-9,11H,2-5H2,1H3/q+1. The fraction of sp³-hybridized carbons (Fsp3) is 0.467. The molecule has 0 saturated heterocycles. The SMILES string of the molecule is CCc1ccc2cc(C3CCC3)[s+](C(F)(F)F)c2c1. The van der Waals surface area contributed by atoms with Crippen LogP contribution in [0, 0.1) is 0 Å². The summed E-state index contributed by atoms with van der Waals surface area (Å²) in [7, 11) is -1.69. The molecule has 2 aromatic rings. The first-order chi connectivity index (χ1) is 9.00. The second-order valence-corrected chi connectivity index (χ2v) is 7.14. The molecule has 0 aliphatic heterocycles. The van der Waals surface area contributed by atoms with Gasteiger partial charge in [0.25, 0.3) is 0 Å². The molecule has 1 saturated carbocycles. The molecule has 1 atom stereocenters. The predicted molar refractivity (Wildman–Crippen MR) is 73.7 cm³/mol. The Balaban J connectivity index is 2.24. The quantitative estimate of drug-likeness (QED) is 0.603. The summed E-state index contributed by atoms with van der Waals surface area (Å²) in [5.41, 5.74) is -3.15. The number of benzene rings is 1. The molecule has 19 heavy (non-hydrogen) atoms. The number of thiophene rings is 1. The van der Waals surface area contributed by atoms with E-state index in [0.29, 0.717) is 9.58 Å². The Morgan fingerprint density at radius 3 is 2.47 bits per heavy atom. The number of hydrogen-bond donors (Lipinski definition) is 0. The Labute approximate surface area is 113 Å². The van der Waals surface area contributed by atoms with Crippen molar-refractivity contribution in [3.8, 4) is 0 Å². The molecule has 1 aliphatic rings. The maximum Gasteiger partial charge on any atom is 0.600 e. The van der Waals surface area contributed by atoms with Crippen molar-refractivity contribution in [3.05, 3.63) is 34.7 Å². The van der Waals surface area contributed by atoms with Crippen LogP contribution in [0.3, 0.4) is 0 Å². The third kappa shape index (κ3) is 2.16. The molecule has 1 aliphatic carbocycles. The molecule has 1 aromatic carbocycles. The van der Waals surface area contributed by atoms with E-state index >= 15 is 0 Å². The Bertz CT molecular complexity index is 606. The molecule has 0 bridgehead atoms. The van der Waals surface area contributed by atoms with E-state index in [1.807, 2.05) is 19.1 Å². The Hall–Kier alpha value is -1.03. The molecule has 102 valence electrons. The Kier molecular flexibility index (Phi) is 3.08. The zero-order valence-corrected chi connectivity index (χ0v) is 11.6. The number of rotatable bonds is 2. The fourth-order valence-corrected chi connectivity index (χ4v) is 4.89. The van der Waals surface area contributed by atoms with Crippen molar-refractivity contribution in [2.24, 2.45) is 0 Å². The van der Waals surface area contributed by atoms with E-state index in [-0.39, 0.29) is 5.92 Å². The van der Waals surface area contributed by atoms with Gasteiger partial charge in [-0.15, -0.1) is 13.2 Å². The van der Waals surface area contributed by atoms with Crippen LogP contribution in [-0.4, -0.2) is 0 Å². The van der Waals surface area contributed by atoms with Gasteiger partial charge in [0.15, 0.2) is 9.58 Å². The molecule has 1 unspecified atom stereocenters. The van der Waals surface area contributed by atoms with Crippen LogP contribution >= 0.6 is 10.5 Å². The van der Waals surface area contributed by atoms with Gasteiger partial charge in [-0.2, -0.15) is 0 Å². The highest BCUT2D eigenvalue weighted by Crippen LogP contribution is 2.56. The van der Waals surface area contributed by atoms with E-state index in [2.05, 4.69) is 0 Å². The van der Waals surface area contributed by atoms with E-state index in [4.69, 9.17) is 0 Å². The second kappa shape index (κ2) is 4.51. The van der Waals surface area contributed by atoms with E-state index in [0.717, 1.165) is 36.6 Å². The maximum absolute atomic E-state index is 13.4. The fourth-order valence-electron chi connectivity index (χ4n) is 2.67. The van der Waals surface area contributed by atoms with Crippen LogP contribution in [0.25, 0.3) is 10.1 Å². The van der Waals surface area contributed by atoms with E-state index < -0.39 is 16.0 Å². The van der Waals surface area contributed by atoms with Gasteiger partial charge in [0.1, 0.15) is 0 Å². The van der Waals surface area contributed by atoms with E-state index in [1.165, 1.54) is 0 Å². The molecule has 3 rings (SSSR count). The number of alkyl halides is 3. The molecule has 1 aromatic heterocycles. The van der Waals surface area contributed by atoms with Crippen molar-refractivity contribution < 1.29 is 13.2 Å². The van der Waals surface area contributed by atoms with Crippen LogP contribution in [0.5, 0.6) is 0 Å². The van der Waals surface area contributed by atoms with Crippen LogP contribution in [-0.2, 0) is 11.9 Å². The third-order valence-corrected chi connectivity index (χ3v) is 6.16. The molecule has 0 radical (unpaired) electrons. The Morgan fingerprint density at radius 2 is 1.95 bits per heavy atom. The highest BCUT2D eigenvalue weighted by atomic mass is 32.2. The lowest BCUT2D eigenvalue weighted by atomic mass is 9.84. The van der Waals surface area contributed by atoms with E-state index in [1.54, 1.807) is 12.1 Å². The van der Waals surface area contributed by atoms with Crippen molar-refractivity contribution in [1.82, 2.24) is 0 Å². The molecule has 1 fully saturated rings. The van der Waals surface area contributed by atoms with Gasteiger partial charge in [0.2, 0.25) is 0 Å². The van der Waals surface area contributed by atoms with Crippen molar-refractivity contribution in [2.75, 3.05) is 0 Å². The maximum atomic E-state index is 13.4. The zero-order valence-electron chi connectivity index (χ0n) is 10.8. The zero-order chi connectivity index (χ0) is 13.6. The second-order valence-electron chi connectivity index (χ2n) is 5.15. The van der Waals surface area contributed by atoms with Gasteiger partial charge in [0, 0.05) is 23.4 Å². The normalized spacial score (nSPS) is 17.8. The summed E-state index contributed by atoms with van der Waals surface area (Å²) < 4.78 is 40.7. The molecule has 0 amide bonds. The largest absolute Gasteiger partial charge is 0.600 e. The van der Waals surface area contributed by atoms with Gasteiger partial charge in [-0.05, 0) is 30.9 Å². The predicted octanol–water partition coefficient (Wildman–Crippen LogP) is 5.90. The minimum absolute atomic E-state index is 0.155. The summed E-state index contributed by atoms with van der Waals surface area (Å²) in [6.07, 6.45) is 3.68. The van der Waals surface area contributed by atoms with Crippen molar-refractivity contribution in [2.45, 2.75) is 44.0 Å². The van der Waals surface area contributed by atoms with Gasteiger partial charge in [0.05, 0.1) is 10.5 Å². The molecule has 1 heterocycles. The van der Waals surface area contributed by atoms with Gasteiger partial charge in [-0.25, -0.2) is 0 Å². The third-order valence-electron chi connectivity index (χ3n) is 3.98. The van der Waals surface area contributed by atoms with Crippen LogP contribution in [0.15, 0.2) is 24.3 Å². The molecule has 4 heteroatoms. The number of halogens is 3. The highest BCUT2D eigenvalue weighted by Gasteiger charge is 2.50. The van der Waals surface area contributed by atoms with Crippen LogP contribution in [0.2, 0.25) is 0 Å². The van der Waals surface area contributed by atoms with E-state index in [9.17, 15) is 13.2 Å². The lowest BCUT2D eigenvalue weighted by Gasteiger charge is -2.21. The number of fused-ring (bicyclic) bond motifs is 1. The van der Waals surface area contributed by atoms with Crippen molar-refractivity contribution in [3.63, 3.8) is 0 Å². The summed E-state index contributed by atoms with van der Waals surface area (Å²) in [6, 6.07) is 7.35. The smallest absolute Gasteiger partial charge is 0.118 e. The first-order valence-electron chi connectivity index (χ1n) is 6.66. The molecule has 0 nitrogen and oxygen atoms in total. The lowest BCUT2D eigenvalue weighted by Crippen LogP contribution is -2.10. The summed E-state index contributed by atoms with van der Waals surface area (Å²) in [5, 5.41) is 0.778. The number of hydrogen-bond acceptors (Lipinski definition) is 0. The van der Waals surface area contributed by atoms with Gasteiger partial charge in [-0.1, -0.05) is 19.4 Å². The average Bonchev–Trinajstić information content (AvgIpc) is 2.63. The van der Waals surface area contributed by atoms with Crippen LogP contribution in [0.1, 0.15) is 42.5 Å². The monoisotopic (exact) mass is 285 g/mol. The van der Waals surface area contributed by atoms with Gasteiger partial charge < -0.3 is 0 Å². The molecular weight excluding hydrogens is 269 g/mol. The van der Waals surface area contributed by atoms with Crippen molar-refractivity contribution in [1.29, 1.82) is 0 Å². The summed E-state index contributed by atoms with van der Waals surface area (Å²) in [4.78, 5) is 0.627. The summed E-state index contributed by atoms with van der Waals surface area (Å²) >= 11 is 0. The minimum Gasteiger partial charge on any atom is -0.118 e. The Morgan fingerprint density at radius 1 is 1.21 bits per heavy atom. The van der Waals surface area contributed by atoms with Gasteiger partial charge >= 0.3 is 5.51 Å². The molecular formula is C15H16F3S+. The van der Waals surface area contributed by atoms with Crippen molar-refractivity contribution >= 4 is 20.6 Å². The molecule has 0 spiro atoms. The van der Waals surface area contributed by atoms with Crippen LogP contribution < -0.4 is 0 Å². The van der Waals surface area contributed by atoms with Crippen LogP contribution in [0.4, 0.5) is 13.2 Å². The minimum atomic E-state index is -4.14. The van der Waals surface area contributed by atoms with Gasteiger partial charge in [-0.3, -0.25) is 0 Å². The first kappa shape index (κ1) is 13.0. The first-order valence-corrected chi connectivity index (χ1v) is 7.89. The lowest BCUT2D eigenvalue weighted by molar-refractivity contribution is -0.0868. The summed E-state index contributed by atoms with van der Waals surface area (Å²) in [6.45, 7) is 1.97. The average molecular weight is 285 g/mol. The highest BCUT2D eigenvalue weighted by molar-refractivity contribution is 7.38. The summed E-state index contributed by atoms with van der Waals surface area (Å²) in [5.74, 6) is 0.155.